The molecule has 1 atom stereocenters. The van der Waals surface area contributed by atoms with Crippen LogP contribution in [0.2, 0.25) is 0 Å². The number of nitrogens with one attached hydrogen (secondary N) is 2. The standard InChI is InChI=1S/C11H22N2O2/c1-11(2,3)15-10(14)5-4-9-8-12-6-7-13-9/h9,12-13H,4-8H2,1-3H3/t9-/m1/s1. The van der Waals surface area contributed by atoms with Gasteiger partial charge in [-0.2, -0.15) is 0 Å². The third-order valence-electron chi connectivity index (χ3n) is 2.24. The number of ether oxygens (including phenoxy) is 1. The SMILES string of the molecule is CC(C)(C)OC(=O)CC[C@@H]1CNCCN1. The quantitative estimate of drug-likeness (QED) is 0.678. The van der Waals surface area contributed by atoms with Crippen LogP contribution in [0.25, 0.3) is 0 Å². The van der Waals surface area contributed by atoms with Crippen LogP contribution in [0.1, 0.15) is 33.6 Å². The van der Waals surface area contributed by atoms with E-state index in [9.17, 15) is 4.79 Å². The van der Waals surface area contributed by atoms with E-state index in [1.54, 1.807) is 0 Å². The molecule has 0 aromatic carbocycles. The number of hydrogen-bond acceptors (Lipinski definition) is 4. The van der Waals surface area contributed by atoms with Crippen molar-refractivity contribution >= 4 is 5.97 Å². The minimum Gasteiger partial charge on any atom is -0.460 e. The Labute approximate surface area is 91.8 Å². The summed E-state index contributed by atoms with van der Waals surface area (Å²) >= 11 is 0. The summed E-state index contributed by atoms with van der Waals surface area (Å²) in [5, 5.41) is 6.66. The monoisotopic (exact) mass is 214 g/mol. The van der Waals surface area contributed by atoms with Crippen molar-refractivity contribution in [2.24, 2.45) is 0 Å². The third kappa shape index (κ3) is 5.74. The summed E-state index contributed by atoms with van der Waals surface area (Å²) in [6, 6.07) is 0.409. The number of esters is 1. The second-order valence-corrected chi connectivity index (χ2v) is 4.98. The highest BCUT2D eigenvalue weighted by molar-refractivity contribution is 5.69. The normalized spacial score (nSPS) is 22.5. The average Bonchev–Trinajstić information content (AvgIpc) is 2.14. The van der Waals surface area contributed by atoms with E-state index < -0.39 is 0 Å². The van der Waals surface area contributed by atoms with Gasteiger partial charge in [-0.1, -0.05) is 0 Å². The smallest absolute Gasteiger partial charge is 0.306 e. The van der Waals surface area contributed by atoms with Crippen LogP contribution < -0.4 is 10.6 Å². The van der Waals surface area contributed by atoms with E-state index in [1.807, 2.05) is 20.8 Å². The highest BCUT2D eigenvalue weighted by Gasteiger charge is 2.18. The second kappa shape index (κ2) is 5.47. The molecule has 0 aliphatic carbocycles. The molecule has 0 aromatic rings. The van der Waals surface area contributed by atoms with Crippen LogP contribution >= 0.6 is 0 Å². The van der Waals surface area contributed by atoms with E-state index >= 15 is 0 Å². The lowest BCUT2D eigenvalue weighted by atomic mass is 10.1. The van der Waals surface area contributed by atoms with Crippen LogP contribution in [0, 0.1) is 0 Å². The molecule has 0 radical (unpaired) electrons. The molecule has 0 bridgehead atoms. The van der Waals surface area contributed by atoms with Gasteiger partial charge in [0.25, 0.3) is 0 Å². The largest absolute Gasteiger partial charge is 0.460 e. The molecule has 1 rings (SSSR count). The van der Waals surface area contributed by atoms with Gasteiger partial charge in [0, 0.05) is 32.1 Å². The number of carbonyl (C=O) groups excluding carboxylic acids is 1. The highest BCUT2D eigenvalue weighted by Crippen LogP contribution is 2.10. The van der Waals surface area contributed by atoms with Gasteiger partial charge in [-0.25, -0.2) is 0 Å². The van der Waals surface area contributed by atoms with Gasteiger partial charge < -0.3 is 15.4 Å². The Bertz CT molecular complexity index is 205. The summed E-state index contributed by atoms with van der Waals surface area (Å²) in [6.07, 6.45) is 1.35. The molecule has 0 amide bonds. The molecule has 2 N–H and O–H groups in total. The number of carbonyl (C=O) groups is 1. The van der Waals surface area contributed by atoms with Gasteiger partial charge in [0.1, 0.15) is 5.60 Å². The molecule has 15 heavy (non-hydrogen) atoms. The van der Waals surface area contributed by atoms with Gasteiger partial charge in [0.15, 0.2) is 0 Å². The zero-order valence-corrected chi connectivity index (χ0v) is 9.93. The van der Waals surface area contributed by atoms with Crippen molar-refractivity contribution in [1.29, 1.82) is 0 Å². The molecular formula is C11H22N2O2. The van der Waals surface area contributed by atoms with Crippen LogP contribution in [0.15, 0.2) is 0 Å². The molecule has 1 aliphatic heterocycles. The van der Waals surface area contributed by atoms with Crippen LogP contribution in [0.5, 0.6) is 0 Å². The Morgan fingerprint density at radius 2 is 2.13 bits per heavy atom. The number of hydrogen-bond donors (Lipinski definition) is 2. The van der Waals surface area contributed by atoms with Gasteiger partial charge >= 0.3 is 5.97 Å². The van der Waals surface area contributed by atoms with E-state index in [0.717, 1.165) is 26.1 Å². The lowest BCUT2D eigenvalue weighted by molar-refractivity contribution is -0.155. The predicted octanol–water partition coefficient (Wildman–Crippen LogP) is 0.670. The van der Waals surface area contributed by atoms with Crippen LogP contribution in [-0.2, 0) is 9.53 Å². The lowest BCUT2D eigenvalue weighted by Crippen LogP contribution is -2.48. The summed E-state index contributed by atoms with van der Waals surface area (Å²) < 4.78 is 5.24. The Kier molecular flexibility index (Phi) is 4.54. The molecule has 0 spiro atoms. The Morgan fingerprint density at radius 3 is 2.67 bits per heavy atom. The summed E-state index contributed by atoms with van der Waals surface area (Å²) in [6.45, 7) is 8.63. The highest BCUT2D eigenvalue weighted by atomic mass is 16.6. The predicted molar refractivity (Wildman–Crippen MR) is 59.7 cm³/mol. The Balaban J connectivity index is 2.15. The van der Waals surface area contributed by atoms with Gasteiger partial charge in [-0.05, 0) is 27.2 Å². The molecule has 1 fully saturated rings. The summed E-state index contributed by atoms with van der Waals surface area (Å²) in [4.78, 5) is 11.4. The first kappa shape index (κ1) is 12.5. The van der Waals surface area contributed by atoms with E-state index in [2.05, 4.69) is 10.6 Å². The molecule has 1 aliphatic rings. The first-order chi connectivity index (χ1) is 6.97. The Morgan fingerprint density at radius 1 is 1.40 bits per heavy atom. The van der Waals surface area contributed by atoms with Crippen molar-refractivity contribution in [2.45, 2.75) is 45.3 Å². The molecule has 1 saturated heterocycles. The molecular weight excluding hydrogens is 192 g/mol. The first-order valence-electron chi connectivity index (χ1n) is 5.63. The fourth-order valence-corrected chi connectivity index (χ4v) is 1.60. The maximum Gasteiger partial charge on any atom is 0.306 e. The topological polar surface area (TPSA) is 50.4 Å². The average molecular weight is 214 g/mol. The summed E-state index contributed by atoms with van der Waals surface area (Å²) in [7, 11) is 0. The summed E-state index contributed by atoms with van der Waals surface area (Å²) in [5.41, 5.74) is -0.366. The molecule has 0 saturated carbocycles. The van der Waals surface area contributed by atoms with Crippen molar-refractivity contribution in [1.82, 2.24) is 10.6 Å². The van der Waals surface area contributed by atoms with Crippen LogP contribution in [0.3, 0.4) is 0 Å². The molecule has 0 aromatic heterocycles. The van der Waals surface area contributed by atoms with Gasteiger partial charge in [0.2, 0.25) is 0 Å². The fourth-order valence-electron chi connectivity index (χ4n) is 1.60. The zero-order valence-electron chi connectivity index (χ0n) is 9.93. The minimum absolute atomic E-state index is 0.102. The van der Waals surface area contributed by atoms with Crippen molar-refractivity contribution in [3.63, 3.8) is 0 Å². The summed E-state index contributed by atoms with van der Waals surface area (Å²) in [5.74, 6) is -0.102. The van der Waals surface area contributed by atoms with Crippen LogP contribution in [-0.4, -0.2) is 37.2 Å². The zero-order chi connectivity index (χ0) is 11.3. The van der Waals surface area contributed by atoms with Crippen molar-refractivity contribution in [3.8, 4) is 0 Å². The van der Waals surface area contributed by atoms with Crippen LogP contribution in [0.4, 0.5) is 0 Å². The van der Waals surface area contributed by atoms with Gasteiger partial charge in [-0.15, -0.1) is 0 Å². The minimum atomic E-state index is -0.366. The Hall–Kier alpha value is -0.610. The lowest BCUT2D eigenvalue weighted by Gasteiger charge is -2.25. The van der Waals surface area contributed by atoms with Gasteiger partial charge in [0.05, 0.1) is 0 Å². The molecule has 4 nitrogen and oxygen atoms in total. The maximum atomic E-state index is 11.4. The van der Waals surface area contributed by atoms with E-state index in [0.29, 0.717) is 12.5 Å². The number of rotatable bonds is 3. The fraction of sp³-hybridized carbons (Fsp3) is 0.909. The van der Waals surface area contributed by atoms with E-state index in [-0.39, 0.29) is 11.6 Å². The van der Waals surface area contributed by atoms with Crippen molar-refractivity contribution in [2.75, 3.05) is 19.6 Å². The second-order valence-electron chi connectivity index (χ2n) is 4.98. The molecule has 4 heteroatoms. The van der Waals surface area contributed by atoms with Crippen molar-refractivity contribution < 1.29 is 9.53 Å². The number of piperazine rings is 1. The molecule has 0 unspecified atom stereocenters. The third-order valence-corrected chi connectivity index (χ3v) is 2.24. The molecule has 1 heterocycles. The maximum absolute atomic E-state index is 11.4. The van der Waals surface area contributed by atoms with E-state index in [1.165, 1.54) is 0 Å². The van der Waals surface area contributed by atoms with Gasteiger partial charge in [-0.3, -0.25) is 4.79 Å². The first-order valence-corrected chi connectivity index (χ1v) is 5.63. The molecule has 88 valence electrons. The van der Waals surface area contributed by atoms with Crippen molar-refractivity contribution in [3.05, 3.63) is 0 Å². The van der Waals surface area contributed by atoms with E-state index in [4.69, 9.17) is 4.74 Å².